The fourth-order valence-corrected chi connectivity index (χ4v) is 3.83. The van der Waals surface area contributed by atoms with E-state index in [1.807, 2.05) is 60.7 Å². The Balaban J connectivity index is 1.42. The molecule has 0 unspecified atom stereocenters. The molecule has 4 rings (SSSR count). The van der Waals surface area contributed by atoms with E-state index in [1.165, 1.54) is 17.8 Å². The third kappa shape index (κ3) is 5.33. The molecule has 0 fully saturated rings. The lowest BCUT2D eigenvalue weighted by Crippen LogP contribution is -2.29. The molecule has 1 aromatic heterocycles. The summed E-state index contributed by atoms with van der Waals surface area (Å²) in [7, 11) is 0. The molecule has 1 amide bonds. The Morgan fingerprint density at radius 1 is 0.938 bits per heavy atom. The summed E-state index contributed by atoms with van der Waals surface area (Å²) in [6.45, 7) is 0.762. The molecule has 0 spiro atoms. The van der Waals surface area contributed by atoms with E-state index >= 15 is 0 Å². The number of carbonyl (C=O) groups excluding carboxylic acids is 1. The van der Waals surface area contributed by atoms with Gasteiger partial charge in [0.2, 0.25) is 5.91 Å². The minimum Gasteiger partial charge on any atom is -0.492 e. The van der Waals surface area contributed by atoms with Crippen molar-refractivity contribution in [2.75, 3.05) is 18.9 Å². The zero-order chi connectivity index (χ0) is 22.2. The zero-order valence-electron chi connectivity index (χ0n) is 17.1. The van der Waals surface area contributed by atoms with Gasteiger partial charge in [0.1, 0.15) is 18.2 Å². The van der Waals surface area contributed by atoms with Crippen LogP contribution in [0.3, 0.4) is 0 Å². The highest BCUT2D eigenvalue weighted by atomic mass is 32.2. The first-order valence-corrected chi connectivity index (χ1v) is 11.0. The van der Waals surface area contributed by atoms with Gasteiger partial charge in [-0.25, -0.2) is 4.39 Å². The molecule has 8 heteroatoms. The number of thioether (sulfide) groups is 1. The largest absolute Gasteiger partial charge is 0.492 e. The van der Waals surface area contributed by atoms with Gasteiger partial charge in [0, 0.05) is 5.69 Å². The van der Waals surface area contributed by atoms with Crippen molar-refractivity contribution < 1.29 is 13.9 Å². The predicted octanol–water partition coefficient (Wildman–Crippen LogP) is 4.36. The van der Waals surface area contributed by atoms with E-state index in [1.54, 1.807) is 22.8 Å². The van der Waals surface area contributed by atoms with Gasteiger partial charge in [0.05, 0.1) is 17.9 Å². The van der Waals surface area contributed by atoms with Gasteiger partial charge in [-0.05, 0) is 36.4 Å². The van der Waals surface area contributed by atoms with Gasteiger partial charge in [-0.3, -0.25) is 9.36 Å². The predicted molar refractivity (Wildman–Crippen MR) is 122 cm³/mol. The average Bonchev–Trinajstić information content (AvgIpc) is 3.26. The van der Waals surface area contributed by atoms with E-state index in [-0.39, 0.29) is 17.5 Å². The Morgan fingerprint density at radius 3 is 2.38 bits per heavy atom. The van der Waals surface area contributed by atoms with Crippen LogP contribution in [0.15, 0.2) is 90.1 Å². The molecule has 32 heavy (non-hydrogen) atoms. The highest BCUT2D eigenvalue weighted by Gasteiger charge is 2.19. The number of nitrogens with one attached hydrogen (secondary N) is 1. The van der Waals surface area contributed by atoms with Crippen LogP contribution in [0.25, 0.3) is 17.1 Å². The third-order valence-electron chi connectivity index (χ3n) is 4.53. The van der Waals surface area contributed by atoms with Crippen molar-refractivity contribution in [3.63, 3.8) is 0 Å². The fourth-order valence-electron chi connectivity index (χ4n) is 3.05. The highest BCUT2D eigenvalue weighted by molar-refractivity contribution is 7.99. The van der Waals surface area contributed by atoms with Gasteiger partial charge >= 0.3 is 0 Å². The van der Waals surface area contributed by atoms with E-state index in [0.29, 0.717) is 29.7 Å². The summed E-state index contributed by atoms with van der Waals surface area (Å²) in [4.78, 5) is 12.3. The maximum Gasteiger partial charge on any atom is 0.230 e. The Kier molecular flexibility index (Phi) is 7.14. The van der Waals surface area contributed by atoms with E-state index in [0.717, 1.165) is 11.4 Å². The molecule has 0 radical (unpaired) electrons. The summed E-state index contributed by atoms with van der Waals surface area (Å²) >= 11 is 1.24. The molecule has 0 saturated heterocycles. The molecule has 1 heterocycles. The third-order valence-corrected chi connectivity index (χ3v) is 5.46. The van der Waals surface area contributed by atoms with Gasteiger partial charge in [-0.2, -0.15) is 0 Å². The summed E-state index contributed by atoms with van der Waals surface area (Å²) in [6.07, 6.45) is 0. The number of benzene rings is 3. The molecule has 0 saturated carbocycles. The number of amides is 1. The Morgan fingerprint density at radius 2 is 1.62 bits per heavy atom. The molecule has 3 aromatic carbocycles. The molecule has 0 atom stereocenters. The van der Waals surface area contributed by atoms with Crippen LogP contribution in [0.2, 0.25) is 0 Å². The maximum atomic E-state index is 14.4. The van der Waals surface area contributed by atoms with Crippen molar-refractivity contribution in [3.8, 4) is 22.8 Å². The number of aromatic nitrogens is 3. The van der Waals surface area contributed by atoms with Crippen LogP contribution in [0, 0.1) is 5.82 Å². The second kappa shape index (κ2) is 10.6. The molecule has 0 bridgehead atoms. The van der Waals surface area contributed by atoms with Gasteiger partial charge < -0.3 is 10.1 Å². The molecular weight excluding hydrogens is 427 g/mol. The SMILES string of the molecule is O=C(CSc1nnc(-c2ccccc2F)n1-c1ccccc1)NCCOc1ccccc1. The first-order valence-electron chi connectivity index (χ1n) is 10.1. The second-order valence-electron chi connectivity index (χ2n) is 6.76. The number of rotatable bonds is 9. The lowest BCUT2D eigenvalue weighted by Gasteiger charge is -2.11. The standard InChI is InChI=1S/C24H21FN4O2S/c25-21-14-8-7-13-20(21)23-27-28-24(29(23)18-9-3-1-4-10-18)32-17-22(30)26-15-16-31-19-11-5-2-6-12-19/h1-14H,15-17H2,(H,26,30). The molecule has 0 aliphatic heterocycles. The summed E-state index contributed by atoms with van der Waals surface area (Å²) < 4.78 is 21.8. The first-order chi connectivity index (χ1) is 15.7. The normalized spacial score (nSPS) is 10.7. The molecule has 0 aliphatic rings. The molecular formula is C24H21FN4O2S. The van der Waals surface area contributed by atoms with Crippen LogP contribution in [0.1, 0.15) is 0 Å². The summed E-state index contributed by atoms with van der Waals surface area (Å²) in [5.74, 6) is 0.751. The van der Waals surface area contributed by atoms with Gasteiger partial charge in [-0.15, -0.1) is 10.2 Å². The van der Waals surface area contributed by atoms with Gasteiger partial charge in [0.25, 0.3) is 0 Å². The van der Waals surface area contributed by atoms with Crippen molar-refractivity contribution in [1.82, 2.24) is 20.1 Å². The molecule has 1 N–H and O–H groups in total. The lowest BCUT2D eigenvalue weighted by molar-refractivity contribution is -0.118. The van der Waals surface area contributed by atoms with Crippen LogP contribution < -0.4 is 10.1 Å². The van der Waals surface area contributed by atoms with Crippen LogP contribution in [-0.4, -0.2) is 39.6 Å². The number of hydrogen-bond donors (Lipinski definition) is 1. The van der Waals surface area contributed by atoms with Gasteiger partial charge in [-0.1, -0.05) is 60.3 Å². The van der Waals surface area contributed by atoms with Crippen molar-refractivity contribution in [3.05, 3.63) is 90.7 Å². The van der Waals surface area contributed by atoms with Crippen LogP contribution in [0.4, 0.5) is 4.39 Å². The second-order valence-corrected chi connectivity index (χ2v) is 7.70. The summed E-state index contributed by atoms with van der Waals surface area (Å²) in [6, 6.07) is 25.3. The topological polar surface area (TPSA) is 69.0 Å². The van der Waals surface area contributed by atoms with E-state index in [9.17, 15) is 9.18 Å². The number of para-hydroxylation sites is 2. The number of halogens is 1. The molecule has 4 aromatic rings. The highest BCUT2D eigenvalue weighted by Crippen LogP contribution is 2.29. The van der Waals surface area contributed by atoms with Crippen molar-refractivity contribution >= 4 is 17.7 Å². The van der Waals surface area contributed by atoms with Gasteiger partial charge in [0.15, 0.2) is 11.0 Å². The quantitative estimate of drug-likeness (QED) is 0.304. The summed E-state index contributed by atoms with van der Waals surface area (Å²) in [5.41, 5.74) is 1.13. The van der Waals surface area contributed by atoms with Crippen LogP contribution in [0.5, 0.6) is 5.75 Å². The van der Waals surface area contributed by atoms with Crippen molar-refractivity contribution in [1.29, 1.82) is 0 Å². The van der Waals surface area contributed by atoms with E-state index in [2.05, 4.69) is 15.5 Å². The fraction of sp³-hybridized carbons (Fsp3) is 0.125. The number of ether oxygens (including phenoxy) is 1. The average molecular weight is 449 g/mol. The molecule has 6 nitrogen and oxygen atoms in total. The van der Waals surface area contributed by atoms with Crippen LogP contribution >= 0.6 is 11.8 Å². The van der Waals surface area contributed by atoms with E-state index in [4.69, 9.17) is 4.74 Å². The van der Waals surface area contributed by atoms with Crippen LogP contribution in [-0.2, 0) is 4.79 Å². The lowest BCUT2D eigenvalue weighted by atomic mass is 10.2. The molecule has 0 aliphatic carbocycles. The van der Waals surface area contributed by atoms with Crippen molar-refractivity contribution in [2.45, 2.75) is 5.16 Å². The minimum atomic E-state index is -0.384. The first kappa shape index (κ1) is 21.6. The summed E-state index contributed by atoms with van der Waals surface area (Å²) in [5, 5.41) is 11.8. The van der Waals surface area contributed by atoms with E-state index < -0.39 is 0 Å². The smallest absolute Gasteiger partial charge is 0.230 e. The molecule has 162 valence electrons. The zero-order valence-corrected chi connectivity index (χ0v) is 18.0. The minimum absolute atomic E-state index is 0.146. The number of carbonyl (C=O) groups is 1. The Labute approximate surface area is 189 Å². The maximum absolute atomic E-state index is 14.4. The monoisotopic (exact) mass is 448 g/mol. The Hall–Kier alpha value is -3.65. The number of nitrogens with zero attached hydrogens (tertiary/aromatic N) is 3. The van der Waals surface area contributed by atoms with Crippen molar-refractivity contribution in [2.24, 2.45) is 0 Å². The number of hydrogen-bond acceptors (Lipinski definition) is 5. The Bertz CT molecular complexity index is 1170.